The number of nitriles is 1. The highest BCUT2D eigenvalue weighted by molar-refractivity contribution is 5.93. The summed E-state index contributed by atoms with van der Waals surface area (Å²) in [6.45, 7) is 2.02. The number of allylic oxidation sites excluding steroid dienone is 1. The Morgan fingerprint density at radius 1 is 1.53 bits per heavy atom. The van der Waals surface area contributed by atoms with Crippen LogP contribution in [0, 0.1) is 11.3 Å². The molecule has 19 heavy (non-hydrogen) atoms. The molecule has 0 spiro atoms. The summed E-state index contributed by atoms with van der Waals surface area (Å²) in [6.07, 6.45) is 8.53. The van der Waals surface area contributed by atoms with Crippen molar-refractivity contribution in [2.45, 2.75) is 38.6 Å². The Morgan fingerprint density at radius 3 is 2.89 bits per heavy atom. The minimum Gasteiger partial charge on any atom is -0.345 e. The minimum atomic E-state index is -0.122. The van der Waals surface area contributed by atoms with E-state index in [0.717, 1.165) is 12.8 Å². The molecule has 0 aromatic carbocycles. The lowest BCUT2D eigenvalue weighted by Gasteiger charge is -2.20. The molecule has 2 rings (SSSR count). The van der Waals surface area contributed by atoms with Gasteiger partial charge in [0.15, 0.2) is 0 Å². The first-order valence-corrected chi connectivity index (χ1v) is 6.68. The lowest BCUT2D eigenvalue weighted by Crippen LogP contribution is -2.35. The molecule has 4 heteroatoms. The molecule has 0 radical (unpaired) electrons. The molecule has 1 aliphatic carbocycles. The second kappa shape index (κ2) is 5.75. The fraction of sp³-hybridized carbons (Fsp3) is 0.467. The highest BCUT2D eigenvalue weighted by Gasteiger charge is 2.17. The normalized spacial score (nSPS) is 16.4. The quantitative estimate of drug-likeness (QED) is 0.846. The SMILES string of the molecule is C[C@H](NC(=O)c1cc(C#N)cn1C)C1=CCCCC1. The summed E-state index contributed by atoms with van der Waals surface area (Å²) in [4.78, 5) is 12.2. The first-order valence-electron chi connectivity index (χ1n) is 6.68. The molecule has 1 aromatic heterocycles. The van der Waals surface area contributed by atoms with Crippen LogP contribution >= 0.6 is 0 Å². The molecule has 0 bridgehead atoms. The monoisotopic (exact) mass is 257 g/mol. The molecule has 0 aliphatic heterocycles. The molecule has 0 unspecified atom stereocenters. The smallest absolute Gasteiger partial charge is 0.268 e. The van der Waals surface area contributed by atoms with Crippen LogP contribution in [0.4, 0.5) is 0 Å². The van der Waals surface area contributed by atoms with Gasteiger partial charge in [0.2, 0.25) is 0 Å². The zero-order valence-corrected chi connectivity index (χ0v) is 11.4. The Balaban J connectivity index is 2.06. The average Bonchev–Trinajstić information content (AvgIpc) is 2.81. The van der Waals surface area contributed by atoms with Crippen molar-refractivity contribution in [3.63, 3.8) is 0 Å². The number of rotatable bonds is 3. The van der Waals surface area contributed by atoms with E-state index in [1.54, 1.807) is 23.9 Å². The molecule has 100 valence electrons. The molecule has 1 aliphatic rings. The molecule has 1 aromatic rings. The Bertz CT molecular complexity index is 548. The van der Waals surface area contributed by atoms with Gasteiger partial charge in [0.1, 0.15) is 11.8 Å². The van der Waals surface area contributed by atoms with E-state index >= 15 is 0 Å². The number of aryl methyl sites for hydroxylation is 1. The number of aromatic nitrogens is 1. The average molecular weight is 257 g/mol. The largest absolute Gasteiger partial charge is 0.345 e. The fourth-order valence-corrected chi connectivity index (χ4v) is 2.47. The maximum Gasteiger partial charge on any atom is 0.268 e. The summed E-state index contributed by atoms with van der Waals surface area (Å²) >= 11 is 0. The molecule has 1 amide bonds. The number of hydrogen-bond donors (Lipinski definition) is 1. The Morgan fingerprint density at radius 2 is 2.32 bits per heavy atom. The highest BCUT2D eigenvalue weighted by atomic mass is 16.2. The molecule has 0 saturated carbocycles. The van der Waals surface area contributed by atoms with Crippen LogP contribution in [0.25, 0.3) is 0 Å². The highest BCUT2D eigenvalue weighted by Crippen LogP contribution is 2.20. The summed E-state index contributed by atoms with van der Waals surface area (Å²) in [5.41, 5.74) is 2.35. The molecule has 0 fully saturated rings. The van der Waals surface area contributed by atoms with Crippen molar-refractivity contribution < 1.29 is 4.79 Å². The second-order valence-electron chi connectivity index (χ2n) is 5.06. The van der Waals surface area contributed by atoms with Crippen LogP contribution < -0.4 is 5.32 Å². The predicted octanol–water partition coefficient (Wildman–Crippen LogP) is 2.52. The number of amides is 1. The molecule has 1 N–H and O–H groups in total. The van der Waals surface area contributed by atoms with E-state index in [4.69, 9.17) is 5.26 Å². The first kappa shape index (κ1) is 13.4. The number of carbonyl (C=O) groups is 1. The lowest BCUT2D eigenvalue weighted by molar-refractivity contribution is 0.0936. The first-order chi connectivity index (χ1) is 9.11. The van der Waals surface area contributed by atoms with Crippen molar-refractivity contribution in [3.05, 3.63) is 35.2 Å². The van der Waals surface area contributed by atoms with E-state index in [2.05, 4.69) is 11.4 Å². The van der Waals surface area contributed by atoms with Gasteiger partial charge >= 0.3 is 0 Å². The van der Waals surface area contributed by atoms with Gasteiger partial charge in [0.05, 0.1) is 5.56 Å². The third kappa shape index (κ3) is 3.05. The van der Waals surface area contributed by atoms with Crippen molar-refractivity contribution in [1.29, 1.82) is 5.26 Å². The third-order valence-corrected chi connectivity index (χ3v) is 3.60. The molecule has 4 nitrogen and oxygen atoms in total. The van der Waals surface area contributed by atoms with E-state index < -0.39 is 0 Å². The van der Waals surface area contributed by atoms with E-state index in [1.165, 1.54) is 18.4 Å². The van der Waals surface area contributed by atoms with Crippen molar-refractivity contribution >= 4 is 5.91 Å². The molecule has 0 saturated heterocycles. The van der Waals surface area contributed by atoms with Crippen molar-refractivity contribution in [2.75, 3.05) is 0 Å². The number of nitrogens with zero attached hydrogens (tertiary/aromatic N) is 2. The van der Waals surface area contributed by atoms with E-state index in [0.29, 0.717) is 11.3 Å². The Kier molecular flexibility index (Phi) is 4.06. The standard InChI is InChI=1S/C15H19N3O/c1-11(13-6-4-3-5-7-13)17-15(19)14-8-12(9-16)10-18(14)2/h6,8,10-11H,3-5,7H2,1-2H3,(H,17,19)/t11-/m0/s1. The zero-order chi connectivity index (χ0) is 13.8. The molecule has 1 atom stereocenters. The summed E-state index contributed by atoms with van der Waals surface area (Å²) in [5, 5.41) is 11.8. The van der Waals surface area contributed by atoms with Crippen LogP contribution in [0.3, 0.4) is 0 Å². The van der Waals surface area contributed by atoms with Crippen molar-refractivity contribution in [1.82, 2.24) is 9.88 Å². The van der Waals surface area contributed by atoms with E-state index in [1.807, 2.05) is 13.0 Å². The van der Waals surface area contributed by atoms with E-state index in [9.17, 15) is 4.79 Å². The number of carbonyl (C=O) groups excluding carboxylic acids is 1. The van der Waals surface area contributed by atoms with Crippen molar-refractivity contribution in [3.8, 4) is 6.07 Å². The van der Waals surface area contributed by atoms with Crippen LogP contribution in [0.1, 0.15) is 48.7 Å². The lowest BCUT2D eigenvalue weighted by atomic mass is 9.95. The molecule has 1 heterocycles. The molecular weight excluding hydrogens is 238 g/mol. The minimum absolute atomic E-state index is 0.0632. The van der Waals surface area contributed by atoms with Crippen molar-refractivity contribution in [2.24, 2.45) is 7.05 Å². The van der Waals surface area contributed by atoms with Gasteiger partial charge in [-0.05, 0) is 38.7 Å². The van der Waals surface area contributed by atoms with Crippen LogP contribution in [0.15, 0.2) is 23.9 Å². The van der Waals surface area contributed by atoms with E-state index in [-0.39, 0.29) is 11.9 Å². The van der Waals surface area contributed by atoms with Gasteiger partial charge < -0.3 is 9.88 Å². The second-order valence-corrected chi connectivity index (χ2v) is 5.06. The number of nitrogens with one attached hydrogen (secondary N) is 1. The van der Waals surface area contributed by atoms with Gasteiger partial charge in [0.25, 0.3) is 5.91 Å². The Hall–Kier alpha value is -2.02. The third-order valence-electron chi connectivity index (χ3n) is 3.60. The summed E-state index contributed by atoms with van der Waals surface area (Å²) in [5.74, 6) is -0.122. The van der Waals surface area contributed by atoms with Crippen LogP contribution in [0.2, 0.25) is 0 Å². The van der Waals surface area contributed by atoms with Gasteiger partial charge in [0, 0.05) is 19.3 Å². The summed E-state index contributed by atoms with van der Waals surface area (Å²) in [6, 6.07) is 3.73. The fourth-order valence-electron chi connectivity index (χ4n) is 2.47. The molecular formula is C15H19N3O. The van der Waals surface area contributed by atoms with Gasteiger partial charge in [-0.15, -0.1) is 0 Å². The van der Waals surface area contributed by atoms with Gasteiger partial charge in [-0.1, -0.05) is 11.6 Å². The van der Waals surface area contributed by atoms with Gasteiger partial charge in [-0.3, -0.25) is 4.79 Å². The van der Waals surface area contributed by atoms with Crippen LogP contribution in [-0.4, -0.2) is 16.5 Å². The Labute approximate surface area is 113 Å². The summed E-state index contributed by atoms with van der Waals surface area (Å²) < 4.78 is 1.69. The predicted molar refractivity (Wildman–Crippen MR) is 73.6 cm³/mol. The summed E-state index contributed by atoms with van der Waals surface area (Å²) in [7, 11) is 1.78. The number of hydrogen-bond acceptors (Lipinski definition) is 2. The maximum absolute atomic E-state index is 12.2. The maximum atomic E-state index is 12.2. The van der Waals surface area contributed by atoms with Crippen LogP contribution in [0.5, 0.6) is 0 Å². The van der Waals surface area contributed by atoms with Gasteiger partial charge in [-0.25, -0.2) is 0 Å². The topological polar surface area (TPSA) is 57.8 Å². The zero-order valence-electron chi connectivity index (χ0n) is 11.4. The van der Waals surface area contributed by atoms with Gasteiger partial charge in [-0.2, -0.15) is 5.26 Å². The van der Waals surface area contributed by atoms with Crippen LogP contribution in [-0.2, 0) is 7.05 Å².